The summed E-state index contributed by atoms with van der Waals surface area (Å²) in [4.78, 5) is 89.4. The molecule has 0 aliphatic carbocycles. The molecule has 0 fully saturated rings. The quantitative estimate of drug-likeness (QED) is 0.0372. The fraction of sp³-hybridized carbons (Fsp3) is 0.680. The average molecular weight is 617 g/mol. The number of carbonyl (C=O) groups is 7. The first-order valence-corrected chi connectivity index (χ1v) is 13.6. The molecule has 0 aliphatic rings. The van der Waals surface area contributed by atoms with Gasteiger partial charge < -0.3 is 53.8 Å². The number of carboxylic acid groups (broad SMARTS) is 3. The molecule has 4 amide bonds. The van der Waals surface area contributed by atoms with E-state index >= 15 is 0 Å². The molecule has 13 N–H and O–H groups in total. The SMILES string of the molecule is CC[C@H](C)[C@H](NC(=O)[C@@H](N)CC(=O)O)C(=O)N[C@H](C(=O)N[C@@H](CC(=O)O)C(=O)N[C@@H](CCCN=C(N)N)C(=O)O)C(C)C. The van der Waals surface area contributed by atoms with Crippen LogP contribution in [0.5, 0.6) is 0 Å². The van der Waals surface area contributed by atoms with Gasteiger partial charge >= 0.3 is 17.9 Å². The molecule has 0 spiro atoms. The van der Waals surface area contributed by atoms with Crippen molar-refractivity contribution in [2.45, 2.75) is 90.0 Å². The molecule has 0 rings (SSSR count). The smallest absolute Gasteiger partial charge is 0.326 e. The molecule has 18 heteroatoms. The molecule has 0 aromatic carbocycles. The summed E-state index contributed by atoms with van der Waals surface area (Å²) in [6.07, 6.45) is -1.10. The standard InChI is InChI=1S/C25H44N8O10/c1-5-12(4)19(33-20(38)13(26)9-16(34)35)23(41)32-18(11(2)3)22(40)31-15(10-17(36)37)21(39)30-14(24(42)43)7-6-8-29-25(27)28/h11-15,18-19H,5-10,26H2,1-4H3,(H,30,39)(H,31,40)(H,32,41)(H,33,38)(H,34,35)(H,36,37)(H,42,43)(H4,27,28,29)/t12-,13-,14-,15-,18-,19-/m0/s1. The molecule has 43 heavy (non-hydrogen) atoms. The van der Waals surface area contributed by atoms with Gasteiger partial charge in [0.05, 0.1) is 18.9 Å². The summed E-state index contributed by atoms with van der Waals surface area (Å²) < 4.78 is 0. The van der Waals surface area contributed by atoms with Crippen LogP contribution in [0.2, 0.25) is 0 Å². The molecule has 0 aromatic heterocycles. The predicted molar refractivity (Wildman–Crippen MR) is 152 cm³/mol. The molecule has 0 unspecified atom stereocenters. The second-order valence-corrected chi connectivity index (χ2v) is 10.3. The first-order valence-electron chi connectivity index (χ1n) is 13.6. The van der Waals surface area contributed by atoms with E-state index in [9.17, 15) is 43.8 Å². The Bertz CT molecular complexity index is 1050. The number of rotatable bonds is 20. The van der Waals surface area contributed by atoms with Crippen molar-refractivity contribution in [3.8, 4) is 0 Å². The van der Waals surface area contributed by atoms with E-state index in [1.807, 2.05) is 0 Å². The zero-order valence-electron chi connectivity index (χ0n) is 24.7. The number of hydrogen-bond acceptors (Lipinski definition) is 9. The molecule has 0 saturated carbocycles. The normalized spacial score (nSPS) is 15.0. The number of nitrogens with zero attached hydrogens (tertiary/aromatic N) is 1. The number of hydrogen-bond donors (Lipinski definition) is 10. The van der Waals surface area contributed by atoms with E-state index in [-0.39, 0.29) is 25.3 Å². The van der Waals surface area contributed by atoms with Gasteiger partial charge in [0, 0.05) is 6.54 Å². The van der Waals surface area contributed by atoms with E-state index < -0.39 is 96.4 Å². The van der Waals surface area contributed by atoms with E-state index in [2.05, 4.69) is 26.3 Å². The molecule has 0 bridgehead atoms. The van der Waals surface area contributed by atoms with Crippen molar-refractivity contribution in [2.75, 3.05) is 6.54 Å². The van der Waals surface area contributed by atoms with Gasteiger partial charge in [0.2, 0.25) is 23.6 Å². The maximum absolute atomic E-state index is 13.2. The maximum Gasteiger partial charge on any atom is 0.326 e. The second-order valence-electron chi connectivity index (χ2n) is 10.3. The lowest BCUT2D eigenvalue weighted by atomic mass is 9.96. The van der Waals surface area contributed by atoms with Gasteiger partial charge in [0.1, 0.15) is 24.2 Å². The molecular formula is C25H44N8O10. The summed E-state index contributed by atoms with van der Waals surface area (Å²) >= 11 is 0. The minimum Gasteiger partial charge on any atom is -0.481 e. The third kappa shape index (κ3) is 14.8. The van der Waals surface area contributed by atoms with E-state index in [0.29, 0.717) is 6.42 Å². The van der Waals surface area contributed by atoms with Crippen molar-refractivity contribution in [1.29, 1.82) is 0 Å². The Balaban J connectivity index is 5.79. The van der Waals surface area contributed by atoms with Crippen LogP contribution in [0.15, 0.2) is 4.99 Å². The van der Waals surface area contributed by atoms with E-state index in [1.54, 1.807) is 27.7 Å². The topological polar surface area (TPSA) is 319 Å². The molecule has 0 aromatic rings. The molecule has 0 heterocycles. The van der Waals surface area contributed by atoms with Crippen LogP contribution >= 0.6 is 0 Å². The van der Waals surface area contributed by atoms with Crippen molar-refractivity contribution in [2.24, 2.45) is 34.0 Å². The molecule has 6 atom stereocenters. The molecule has 244 valence electrons. The lowest BCUT2D eigenvalue weighted by Gasteiger charge is -2.29. The highest BCUT2D eigenvalue weighted by Crippen LogP contribution is 2.11. The van der Waals surface area contributed by atoms with E-state index in [1.165, 1.54) is 0 Å². The molecule has 0 radical (unpaired) electrons. The third-order valence-electron chi connectivity index (χ3n) is 6.34. The van der Waals surface area contributed by atoms with Crippen molar-refractivity contribution in [3.63, 3.8) is 0 Å². The maximum atomic E-state index is 13.2. The van der Waals surface area contributed by atoms with E-state index in [0.717, 1.165) is 0 Å². The van der Waals surface area contributed by atoms with Crippen LogP contribution in [-0.4, -0.2) is 99.6 Å². The zero-order valence-corrected chi connectivity index (χ0v) is 24.7. The lowest BCUT2D eigenvalue weighted by molar-refractivity contribution is -0.144. The van der Waals surface area contributed by atoms with Crippen LogP contribution in [0.25, 0.3) is 0 Å². The number of carboxylic acids is 3. The number of aliphatic imine (C=N–C) groups is 1. The van der Waals surface area contributed by atoms with Crippen LogP contribution in [0.1, 0.15) is 59.8 Å². The van der Waals surface area contributed by atoms with Crippen molar-refractivity contribution >= 4 is 47.5 Å². The Morgan fingerprint density at radius 2 is 1.23 bits per heavy atom. The Labute approximate surface area is 248 Å². The van der Waals surface area contributed by atoms with Crippen LogP contribution in [0.3, 0.4) is 0 Å². The van der Waals surface area contributed by atoms with Gasteiger partial charge in [-0.3, -0.25) is 33.8 Å². The first-order chi connectivity index (χ1) is 19.9. The second kappa shape index (κ2) is 18.9. The van der Waals surface area contributed by atoms with Crippen LogP contribution in [-0.2, 0) is 33.6 Å². The first kappa shape index (κ1) is 38.5. The van der Waals surface area contributed by atoms with Gasteiger partial charge in [-0.2, -0.15) is 0 Å². The van der Waals surface area contributed by atoms with Gasteiger partial charge in [-0.1, -0.05) is 34.1 Å². The highest BCUT2D eigenvalue weighted by molar-refractivity contribution is 5.97. The van der Waals surface area contributed by atoms with Crippen molar-refractivity contribution < 1.29 is 48.9 Å². The third-order valence-corrected chi connectivity index (χ3v) is 6.34. The largest absolute Gasteiger partial charge is 0.481 e. The van der Waals surface area contributed by atoms with Gasteiger partial charge in [-0.25, -0.2) is 4.79 Å². The summed E-state index contributed by atoms with van der Waals surface area (Å²) in [7, 11) is 0. The fourth-order valence-corrected chi connectivity index (χ4v) is 3.70. The minimum absolute atomic E-state index is 0.0800. The molecular weight excluding hydrogens is 572 g/mol. The number of aliphatic carboxylic acids is 3. The monoisotopic (exact) mass is 616 g/mol. The summed E-state index contributed by atoms with van der Waals surface area (Å²) in [5, 5.41) is 37.0. The van der Waals surface area contributed by atoms with Crippen molar-refractivity contribution in [3.05, 3.63) is 0 Å². The summed E-state index contributed by atoms with van der Waals surface area (Å²) in [5.74, 6) is -9.19. The predicted octanol–water partition coefficient (Wildman–Crippen LogP) is -2.96. The Kier molecular flexibility index (Phi) is 16.9. The zero-order chi connectivity index (χ0) is 33.4. The van der Waals surface area contributed by atoms with Gasteiger partial charge in [-0.05, 0) is 24.7 Å². The molecule has 0 aliphatic heterocycles. The van der Waals surface area contributed by atoms with Gasteiger partial charge in [0.25, 0.3) is 0 Å². The molecule has 0 saturated heterocycles. The Hall–Kier alpha value is -4.48. The number of nitrogens with two attached hydrogens (primary N) is 3. The summed E-state index contributed by atoms with van der Waals surface area (Å²) in [5.41, 5.74) is 16.0. The van der Waals surface area contributed by atoms with Crippen LogP contribution in [0.4, 0.5) is 0 Å². The Morgan fingerprint density at radius 1 is 0.721 bits per heavy atom. The number of guanidine groups is 1. The van der Waals surface area contributed by atoms with Crippen LogP contribution < -0.4 is 38.5 Å². The number of carbonyl (C=O) groups excluding carboxylic acids is 4. The lowest BCUT2D eigenvalue weighted by Crippen LogP contribution is -2.60. The average Bonchev–Trinajstić information content (AvgIpc) is 2.89. The van der Waals surface area contributed by atoms with Gasteiger partial charge in [-0.15, -0.1) is 0 Å². The summed E-state index contributed by atoms with van der Waals surface area (Å²) in [6.45, 7) is 6.58. The minimum atomic E-state index is -1.71. The van der Waals surface area contributed by atoms with Crippen molar-refractivity contribution in [1.82, 2.24) is 21.3 Å². The highest BCUT2D eigenvalue weighted by Gasteiger charge is 2.35. The fourth-order valence-electron chi connectivity index (χ4n) is 3.70. The number of amides is 4. The Morgan fingerprint density at radius 3 is 1.70 bits per heavy atom. The summed E-state index contributed by atoms with van der Waals surface area (Å²) in [6, 6.07) is -7.11. The molecule has 18 nitrogen and oxygen atoms in total. The highest BCUT2D eigenvalue weighted by atomic mass is 16.4. The van der Waals surface area contributed by atoms with E-state index in [4.69, 9.17) is 22.3 Å². The van der Waals surface area contributed by atoms with Crippen LogP contribution in [0, 0.1) is 11.8 Å². The van der Waals surface area contributed by atoms with Gasteiger partial charge in [0.15, 0.2) is 5.96 Å². The number of nitrogens with one attached hydrogen (secondary N) is 4.